The van der Waals surface area contributed by atoms with Crippen molar-refractivity contribution in [2.45, 2.75) is 6.42 Å². The molecule has 0 bridgehead atoms. The number of H-pyrrole nitrogens is 2. The third-order valence-electron chi connectivity index (χ3n) is 2.61. The summed E-state index contributed by atoms with van der Waals surface area (Å²) in [6, 6.07) is 9.20. The smallest absolute Gasteiger partial charge is 0.325 e. The zero-order valence-corrected chi connectivity index (χ0v) is 10.6. The Labute approximate surface area is 114 Å². The number of benzene rings is 1. The molecule has 0 aliphatic carbocycles. The third-order valence-corrected chi connectivity index (χ3v) is 2.61. The Hall–Kier alpha value is -2.83. The van der Waals surface area contributed by atoms with Crippen molar-refractivity contribution in [1.82, 2.24) is 15.3 Å². The molecule has 1 aromatic heterocycles. The highest BCUT2D eigenvalue weighted by atomic mass is 16.2. The maximum atomic E-state index is 11.6. The normalized spacial score (nSPS) is 10.0. The summed E-state index contributed by atoms with van der Waals surface area (Å²) in [6.45, 7) is 0.442. The minimum absolute atomic E-state index is 0.0122. The van der Waals surface area contributed by atoms with Gasteiger partial charge in [-0.05, 0) is 12.0 Å². The molecule has 1 aromatic carbocycles. The third kappa shape index (κ3) is 3.84. The molecule has 0 saturated heterocycles. The SMILES string of the molecule is O=C(NCCc1ccccc1)Nc1c[nH]c(=O)[nH]c1=O. The van der Waals surface area contributed by atoms with Gasteiger partial charge in [0, 0.05) is 12.7 Å². The van der Waals surface area contributed by atoms with E-state index in [1.807, 2.05) is 35.3 Å². The Bertz CT molecular complexity index is 691. The van der Waals surface area contributed by atoms with Crippen LogP contribution in [0.1, 0.15) is 5.56 Å². The molecule has 0 spiro atoms. The molecule has 0 aliphatic heterocycles. The van der Waals surface area contributed by atoms with E-state index in [2.05, 4.69) is 15.6 Å². The molecule has 2 rings (SSSR count). The molecule has 0 radical (unpaired) electrons. The number of amides is 2. The quantitative estimate of drug-likeness (QED) is 0.649. The van der Waals surface area contributed by atoms with E-state index < -0.39 is 17.3 Å². The van der Waals surface area contributed by atoms with Crippen LogP contribution >= 0.6 is 0 Å². The van der Waals surface area contributed by atoms with Crippen molar-refractivity contribution in [1.29, 1.82) is 0 Å². The summed E-state index contributed by atoms with van der Waals surface area (Å²) in [4.78, 5) is 38.0. The van der Waals surface area contributed by atoms with E-state index in [9.17, 15) is 14.4 Å². The van der Waals surface area contributed by atoms with E-state index in [-0.39, 0.29) is 5.69 Å². The Morgan fingerprint density at radius 1 is 1.15 bits per heavy atom. The number of hydrogen-bond acceptors (Lipinski definition) is 3. The molecule has 1 heterocycles. The highest BCUT2D eigenvalue weighted by molar-refractivity contribution is 5.88. The number of rotatable bonds is 4. The van der Waals surface area contributed by atoms with E-state index in [0.717, 1.165) is 11.8 Å². The molecular formula is C13H14N4O3. The van der Waals surface area contributed by atoms with Crippen LogP contribution in [-0.2, 0) is 6.42 Å². The maximum Gasteiger partial charge on any atom is 0.325 e. The van der Waals surface area contributed by atoms with E-state index in [1.165, 1.54) is 0 Å². The first-order valence-electron chi connectivity index (χ1n) is 6.06. The van der Waals surface area contributed by atoms with E-state index in [4.69, 9.17) is 0 Å². The van der Waals surface area contributed by atoms with Crippen molar-refractivity contribution in [2.75, 3.05) is 11.9 Å². The van der Waals surface area contributed by atoms with Crippen LogP contribution in [0, 0.1) is 0 Å². The van der Waals surface area contributed by atoms with Gasteiger partial charge < -0.3 is 15.6 Å². The lowest BCUT2D eigenvalue weighted by Gasteiger charge is -2.06. The predicted octanol–water partition coefficient (Wildman–Crippen LogP) is 0.427. The number of aromatic nitrogens is 2. The average Bonchev–Trinajstić information content (AvgIpc) is 2.43. The Kier molecular flexibility index (Phi) is 4.33. The molecule has 7 nitrogen and oxygen atoms in total. The van der Waals surface area contributed by atoms with Crippen LogP contribution in [0.3, 0.4) is 0 Å². The topological polar surface area (TPSA) is 107 Å². The first-order valence-corrected chi connectivity index (χ1v) is 6.06. The van der Waals surface area contributed by atoms with Crippen LogP contribution in [-0.4, -0.2) is 22.5 Å². The van der Waals surface area contributed by atoms with Gasteiger partial charge in [-0.1, -0.05) is 30.3 Å². The van der Waals surface area contributed by atoms with Gasteiger partial charge in [0.2, 0.25) is 0 Å². The molecule has 20 heavy (non-hydrogen) atoms. The Morgan fingerprint density at radius 2 is 1.90 bits per heavy atom. The first kappa shape index (κ1) is 13.6. The number of hydrogen-bond donors (Lipinski definition) is 4. The molecule has 4 N–H and O–H groups in total. The summed E-state index contributed by atoms with van der Waals surface area (Å²) in [5.74, 6) is 0. The van der Waals surface area contributed by atoms with Crippen LogP contribution in [0.2, 0.25) is 0 Å². The predicted molar refractivity (Wildman–Crippen MR) is 74.9 cm³/mol. The van der Waals surface area contributed by atoms with Crippen LogP contribution in [0.5, 0.6) is 0 Å². The van der Waals surface area contributed by atoms with Crippen LogP contribution in [0.4, 0.5) is 10.5 Å². The van der Waals surface area contributed by atoms with Gasteiger partial charge in [0.25, 0.3) is 5.56 Å². The second kappa shape index (κ2) is 6.37. The summed E-state index contributed by atoms with van der Waals surface area (Å²) < 4.78 is 0. The van der Waals surface area contributed by atoms with Gasteiger partial charge in [-0.15, -0.1) is 0 Å². The highest BCUT2D eigenvalue weighted by Gasteiger charge is 2.05. The largest absolute Gasteiger partial charge is 0.338 e. The van der Waals surface area contributed by atoms with Gasteiger partial charge in [-0.3, -0.25) is 9.78 Å². The zero-order chi connectivity index (χ0) is 14.4. The van der Waals surface area contributed by atoms with Crippen LogP contribution in [0.15, 0.2) is 46.1 Å². The van der Waals surface area contributed by atoms with Crippen molar-refractivity contribution in [2.24, 2.45) is 0 Å². The monoisotopic (exact) mass is 274 g/mol. The summed E-state index contributed by atoms with van der Waals surface area (Å²) in [6.07, 6.45) is 1.84. The molecule has 2 amide bonds. The molecular weight excluding hydrogens is 260 g/mol. The number of aromatic amines is 2. The number of urea groups is 1. The fourth-order valence-electron chi connectivity index (χ4n) is 1.63. The lowest BCUT2D eigenvalue weighted by atomic mass is 10.1. The lowest BCUT2D eigenvalue weighted by molar-refractivity contribution is 0.252. The summed E-state index contributed by atoms with van der Waals surface area (Å²) in [5.41, 5.74) is -0.173. The van der Waals surface area contributed by atoms with Gasteiger partial charge in [0.15, 0.2) is 0 Å². The van der Waals surface area contributed by atoms with Crippen molar-refractivity contribution in [3.63, 3.8) is 0 Å². The first-order chi connectivity index (χ1) is 9.65. The van der Waals surface area contributed by atoms with Crippen molar-refractivity contribution >= 4 is 11.7 Å². The van der Waals surface area contributed by atoms with Gasteiger partial charge >= 0.3 is 11.7 Å². The fraction of sp³-hybridized carbons (Fsp3) is 0.154. The highest BCUT2D eigenvalue weighted by Crippen LogP contribution is 1.98. The molecule has 0 aliphatic rings. The van der Waals surface area contributed by atoms with E-state index in [0.29, 0.717) is 13.0 Å². The second-order valence-corrected chi connectivity index (χ2v) is 4.10. The van der Waals surface area contributed by atoms with Crippen LogP contribution < -0.4 is 21.9 Å². The minimum atomic E-state index is -0.646. The molecule has 0 fully saturated rings. The van der Waals surface area contributed by atoms with Crippen molar-refractivity contribution in [3.8, 4) is 0 Å². The average molecular weight is 274 g/mol. The van der Waals surface area contributed by atoms with Gasteiger partial charge in [-0.25, -0.2) is 9.59 Å². The Morgan fingerprint density at radius 3 is 2.60 bits per heavy atom. The second-order valence-electron chi connectivity index (χ2n) is 4.10. The summed E-state index contributed by atoms with van der Waals surface area (Å²) in [5, 5.41) is 4.99. The molecule has 0 unspecified atom stereocenters. The van der Waals surface area contributed by atoms with Crippen molar-refractivity contribution < 1.29 is 4.79 Å². The van der Waals surface area contributed by atoms with Gasteiger partial charge in [0.05, 0.1) is 0 Å². The summed E-state index contributed by atoms with van der Waals surface area (Å²) in [7, 11) is 0. The molecule has 7 heteroatoms. The summed E-state index contributed by atoms with van der Waals surface area (Å²) >= 11 is 0. The maximum absolute atomic E-state index is 11.6. The van der Waals surface area contributed by atoms with Crippen LogP contribution in [0.25, 0.3) is 0 Å². The minimum Gasteiger partial charge on any atom is -0.338 e. The molecule has 0 atom stereocenters. The number of carbonyl (C=O) groups excluding carboxylic acids is 1. The van der Waals surface area contributed by atoms with E-state index >= 15 is 0 Å². The fourth-order valence-corrected chi connectivity index (χ4v) is 1.63. The molecule has 2 aromatic rings. The molecule has 104 valence electrons. The number of anilines is 1. The number of carbonyl (C=O) groups is 1. The lowest BCUT2D eigenvalue weighted by Crippen LogP contribution is -2.34. The van der Waals surface area contributed by atoms with E-state index in [1.54, 1.807) is 0 Å². The standard InChI is InChI=1S/C13H14N4O3/c18-11-10(8-15-13(20)17-11)16-12(19)14-7-6-9-4-2-1-3-5-9/h1-5,8H,6-7H2,(H2,14,16,19)(H2,15,17,18,20). The number of nitrogens with one attached hydrogen (secondary N) is 4. The van der Waals surface area contributed by atoms with Gasteiger partial charge in [-0.2, -0.15) is 0 Å². The van der Waals surface area contributed by atoms with Crippen molar-refractivity contribution in [3.05, 3.63) is 62.9 Å². The molecule has 0 saturated carbocycles. The Balaban J connectivity index is 1.84. The van der Waals surface area contributed by atoms with Gasteiger partial charge in [0.1, 0.15) is 5.69 Å². The zero-order valence-electron chi connectivity index (χ0n) is 10.6.